The minimum absolute atomic E-state index is 0.112. The van der Waals surface area contributed by atoms with E-state index in [1.165, 1.54) is 11.1 Å². The molecule has 5 nitrogen and oxygen atoms in total. The van der Waals surface area contributed by atoms with Crippen molar-refractivity contribution in [2.45, 2.75) is 45.1 Å². The average molecular weight is 455 g/mol. The second kappa shape index (κ2) is 8.46. The Morgan fingerprint density at radius 3 is 2.32 bits per heavy atom. The number of nitrogens with one attached hydrogen (secondary N) is 1. The van der Waals surface area contributed by atoms with Gasteiger partial charge < -0.3 is 15.1 Å². The van der Waals surface area contributed by atoms with Crippen LogP contribution < -0.4 is 10.2 Å². The molecular weight excluding hydrogens is 420 g/mol. The number of hydrogen-bond donors (Lipinski definition) is 1. The van der Waals surface area contributed by atoms with Gasteiger partial charge in [0.15, 0.2) is 0 Å². The molecule has 5 rings (SSSR count). The molecule has 0 spiro atoms. The maximum Gasteiger partial charge on any atom is 0.256 e. The zero-order valence-corrected chi connectivity index (χ0v) is 20.6. The smallest absolute Gasteiger partial charge is 0.256 e. The number of carbonyl (C=O) groups is 1. The number of benzene rings is 2. The lowest BCUT2D eigenvalue weighted by molar-refractivity contribution is 0.0747. The Hall–Kier alpha value is -3.34. The first-order valence-corrected chi connectivity index (χ1v) is 12.2. The van der Waals surface area contributed by atoms with E-state index in [1.807, 2.05) is 29.3 Å². The van der Waals surface area contributed by atoms with Gasteiger partial charge in [0, 0.05) is 43.3 Å². The zero-order valence-electron chi connectivity index (χ0n) is 20.6. The van der Waals surface area contributed by atoms with Crippen molar-refractivity contribution >= 4 is 17.4 Å². The molecule has 0 bridgehead atoms. The molecule has 1 aromatic heterocycles. The molecule has 2 aromatic carbocycles. The highest BCUT2D eigenvalue weighted by molar-refractivity contribution is 6.01. The van der Waals surface area contributed by atoms with Gasteiger partial charge in [-0.3, -0.25) is 4.79 Å². The summed E-state index contributed by atoms with van der Waals surface area (Å²) in [5.41, 5.74) is 5.09. The molecule has 2 aliphatic heterocycles. The van der Waals surface area contributed by atoms with Crippen molar-refractivity contribution in [1.82, 2.24) is 9.88 Å². The Kier molecular flexibility index (Phi) is 5.59. The summed E-state index contributed by atoms with van der Waals surface area (Å²) in [6.07, 6.45) is 2.78. The highest BCUT2D eigenvalue weighted by atomic mass is 16.2. The lowest BCUT2D eigenvalue weighted by Gasteiger charge is -2.47. The summed E-state index contributed by atoms with van der Waals surface area (Å²) in [7, 11) is 0. The van der Waals surface area contributed by atoms with E-state index < -0.39 is 0 Å². The summed E-state index contributed by atoms with van der Waals surface area (Å²) in [6.45, 7) is 11.8. The third kappa shape index (κ3) is 4.04. The average Bonchev–Trinajstić information content (AvgIpc) is 2.84. The van der Waals surface area contributed by atoms with Crippen molar-refractivity contribution in [3.63, 3.8) is 0 Å². The number of aromatic nitrogens is 1. The van der Waals surface area contributed by atoms with E-state index in [2.05, 4.69) is 85.4 Å². The van der Waals surface area contributed by atoms with Crippen molar-refractivity contribution < 1.29 is 4.79 Å². The number of aryl methyl sites for hydroxylation is 1. The Morgan fingerprint density at radius 2 is 1.65 bits per heavy atom. The largest absolute Gasteiger partial charge is 0.379 e. The van der Waals surface area contributed by atoms with Gasteiger partial charge in [0.25, 0.3) is 5.91 Å². The molecule has 1 unspecified atom stereocenters. The summed E-state index contributed by atoms with van der Waals surface area (Å²) in [5.74, 6) is 1.09. The Labute approximate surface area is 202 Å². The molecule has 3 aromatic rings. The topological polar surface area (TPSA) is 48.5 Å². The molecule has 0 saturated carbocycles. The second-order valence-electron chi connectivity index (χ2n) is 10.6. The number of hydrogen-bond acceptors (Lipinski definition) is 4. The monoisotopic (exact) mass is 454 g/mol. The maximum absolute atomic E-state index is 13.9. The molecule has 0 radical (unpaired) electrons. The van der Waals surface area contributed by atoms with Crippen molar-refractivity contribution in [2.24, 2.45) is 0 Å². The molecule has 0 aliphatic carbocycles. The van der Waals surface area contributed by atoms with Crippen LogP contribution in [0.1, 0.15) is 54.2 Å². The highest BCUT2D eigenvalue weighted by Crippen LogP contribution is 2.49. The first-order chi connectivity index (χ1) is 16.3. The van der Waals surface area contributed by atoms with Crippen LogP contribution in [0.15, 0.2) is 66.9 Å². The van der Waals surface area contributed by atoms with Crippen LogP contribution in [0.3, 0.4) is 0 Å². The van der Waals surface area contributed by atoms with E-state index in [4.69, 9.17) is 0 Å². The van der Waals surface area contributed by atoms with Crippen LogP contribution >= 0.6 is 0 Å². The minimum atomic E-state index is -0.177. The normalized spacial score (nSPS) is 21.5. The Morgan fingerprint density at radius 1 is 0.941 bits per heavy atom. The van der Waals surface area contributed by atoms with Gasteiger partial charge in [-0.15, -0.1) is 0 Å². The molecule has 176 valence electrons. The summed E-state index contributed by atoms with van der Waals surface area (Å²) in [5, 5.41) is 3.74. The fourth-order valence-electron chi connectivity index (χ4n) is 5.80. The minimum Gasteiger partial charge on any atom is -0.379 e. The zero-order chi connectivity index (χ0) is 23.9. The van der Waals surface area contributed by atoms with Gasteiger partial charge in [0.1, 0.15) is 5.82 Å². The molecular formula is C29H34N4O. The van der Waals surface area contributed by atoms with E-state index in [9.17, 15) is 4.79 Å². The number of fused-ring (bicyclic) bond motifs is 1. The molecule has 1 saturated heterocycles. The number of carbonyl (C=O) groups excluding carboxylic acids is 1. The number of pyridine rings is 1. The number of anilines is 2. The van der Waals surface area contributed by atoms with Gasteiger partial charge in [-0.05, 0) is 62.1 Å². The predicted molar refractivity (Wildman–Crippen MR) is 139 cm³/mol. The summed E-state index contributed by atoms with van der Waals surface area (Å²) >= 11 is 0. The van der Waals surface area contributed by atoms with Gasteiger partial charge in [-0.25, -0.2) is 4.98 Å². The van der Waals surface area contributed by atoms with E-state index in [1.54, 1.807) is 0 Å². The lowest BCUT2D eigenvalue weighted by atomic mass is 9.65. The Balaban J connectivity index is 1.49. The van der Waals surface area contributed by atoms with Crippen LogP contribution in [0.25, 0.3) is 0 Å². The van der Waals surface area contributed by atoms with Crippen LogP contribution in [0.4, 0.5) is 11.5 Å². The molecule has 34 heavy (non-hydrogen) atoms. The molecule has 2 aliphatic rings. The fourth-order valence-corrected chi connectivity index (χ4v) is 5.80. The van der Waals surface area contributed by atoms with E-state index in [-0.39, 0.29) is 16.9 Å². The summed E-state index contributed by atoms with van der Waals surface area (Å²) in [4.78, 5) is 22.6. The summed E-state index contributed by atoms with van der Waals surface area (Å²) < 4.78 is 0. The predicted octanol–water partition coefficient (Wildman–Crippen LogP) is 5.25. The van der Waals surface area contributed by atoms with Gasteiger partial charge in [0.05, 0.1) is 11.3 Å². The molecule has 1 fully saturated rings. The highest BCUT2D eigenvalue weighted by Gasteiger charge is 2.43. The van der Waals surface area contributed by atoms with Crippen molar-refractivity contribution in [3.05, 3.63) is 89.1 Å². The van der Waals surface area contributed by atoms with Crippen LogP contribution in [-0.2, 0) is 5.41 Å². The number of amides is 1. The Bertz CT molecular complexity index is 1180. The number of piperazine rings is 1. The van der Waals surface area contributed by atoms with Crippen LogP contribution in [-0.4, -0.2) is 47.5 Å². The molecule has 5 heteroatoms. The molecule has 3 heterocycles. The van der Waals surface area contributed by atoms with Crippen LogP contribution in [0.5, 0.6) is 0 Å². The van der Waals surface area contributed by atoms with E-state index in [0.29, 0.717) is 13.1 Å². The van der Waals surface area contributed by atoms with Gasteiger partial charge in [-0.1, -0.05) is 49.4 Å². The fraction of sp³-hybridized carbons (Fsp3) is 0.379. The van der Waals surface area contributed by atoms with Crippen LogP contribution in [0, 0.1) is 6.92 Å². The van der Waals surface area contributed by atoms with E-state index >= 15 is 0 Å². The van der Waals surface area contributed by atoms with Crippen molar-refractivity contribution in [1.29, 1.82) is 0 Å². The molecule has 1 amide bonds. The molecule has 1 N–H and O–H groups in total. The van der Waals surface area contributed by atoms with Gasteiger partial charge in [0.2, 0.25) is 0 Å². The van der Waals surface area contributed by atoms with Gasteiger partial charge in [-0.2, -0.15) is 0 Å². The quantitative estimate of drug-likeness (QED) is 0.587. The number of rotatable bonds is 3. The first-order valence-electron chi connectivity index (χ1n) is 12.2. The maximum atomic E-state index is 13.9. The van der Waals surface area contributed by atoms with Crippen LogP contribution in [0.2, 0.25) is 0 Å². The first kappa shape index (κ1) is 22.5. The molecule has 1 atom stereocenters. The third-order valence-corrected chi connectivity index (χ3v) is 7.32. The SMILES string of the molecule is Cc1cc(C(=O)N2CCN(c3ccccn3)CC2)c2c(c1)C(C)(c1ccccc1)CC(C)(C)N2. The van der Waals surface area contributed by atoms with Crippen molar-refractivity contribution in [3.8, 4) is 0 Å². The standard InChI is InChI=1S/C29H34N4O/c1-21-18-23(27(34)33-16-14-32(15-17-33)25-12-8-9-13-30-25)26-24(19-21)29(4,20-28(2,3)31-26)22-10-6-5-7-11-22/h5-13,18-19,31H,14-17,20H2,1-4H3. The lowest BCUT2D eigenvalue weighted by Crippen LogP contribution is -2.50. The summed E-state index contributed by atoms with van der Waals surface area (Å²) in [6, 6.07) is 21.0. The van der Waals surface area contributed by atoms with E-state index in [0.717, 1.165) is 42.1 Å². The van der Waals surface area contributed by atoms with Gasteiger partial charge >= 0.3 is 0 Å². The third-order valence-electron chi connectivity index (χ3n) is 7.32. The van der Waals surface area contributed by atoms with Crippen molar-refractivity contribution in [2.75, 3.05) is 36.4 Å². The number of nitrogens with zero attached hydrogens (tertiary/aromatic N) is 3. The second-order valence-corrected chi connectivity index (χ2v) is 10.6.